The molecule has 0 atom stereocenters. The van der Waals surface area contributed by atoms with Gasteiger partial charge >= 0.3 is 0 Å². The zero-order chi connectivity index (χ0) is 17.5. The Balaban J connectivity index is 0.00000243. The largest absolute Gasteiger partial charge is 0.357 e. The highest BCUT2D eigenvalue weighted by molar-refractivity contribution is 14.0. The first kappa shape index (κ1) is 20.7. The predicted octanol–water partition coefficient (Wildman–Crippen LogP) is 3.73. The number of nitrogens with one attached hydrogen (secondary N) is 3. The molecule has 1 aromatic carbocycles. The average molecular weight is 468 g/mol. The molecule has 1 aromatic heterocycles. The van der Waals surface area contributed by atoms with Crippen molar-refractivity contribution >= 4 is 29.9 Å². The molecule has 0 aliphatic heterocycles. The van der Waals surface area contributed by atoms with Crippen molar-refractivity contribution in [3.05, 3.63) is 36.2 Å². The van der Waals surface area contributed by atoms with E-state index in [2.05, 4.69) is 51.8 Å². The van der Waals surface area contributed by atoms with E-state index in [9.17, 15) is 0 Å². The van der Waals surface area contributed by atoms with Crippen LogP contribution < -0.4 is 10.6 Å². The molecule has 1 heterocycles. The lowest BCUT2D eigenvalue weighted by Gasteiger charge is -2.41. The highest BCUT2D eigenvalue weighted by Crippen LogP contribution is 2.42. The standard InChI is InChI=1S/C19H28N6.HI/c1-3-19(9-6-10-19)13-22-18(20-4-2)21-12-15-7-5-8-16(11-15)17-23-14-24-25-17;/h5,7-8,11,14H,3-4,6,9-10,12-13H2,1-2H3,(H2,20,21,22)(H,23,24,25);1H. The second kappa shape index (κ2) is 9.89. The maximum atomic E-state index is 4.75. The van der Waals surface area contributed by atoms with Crippen LogP contribution in [0, 0.1) is 5.41 Å². The lowest BCUT2D eigenvalue weighted by atomic mass is 9.67. The van der Waals surface area contributed by atoms with E-state index >= 15 is 0 Å². The minimum atomic E-state index is 0. The molecule has 7 heteroatoms. The maximum Gasteiger partial charge on any atom is 0.191 e. The first-order valence-corrected chi connectivity index (χ1v) is 9.21. The fraction of sp³-hybridized carbons (Fsp3) is 0.526. The molecule has 3 N–H and O–H groups in total. The Kier molecular flexibility index (Phi) is 7.86. The molecule has 0 spiro atoms. The van der Waals surface area contributed by atoms with Crippen molar-refractivity contribution in [2.45, 2.75) is 46.1 Å². The molecule has 2 aromatic rings. The SMILES string of the molecule is CCNC(=NCc1cccc(-c2ncn[nH]2)c1)NCC1(CC)CCC1.I. The Labute approximate surface area is 172 Å². The van der Waals surface area contributed by atoms with Crippen molar-refractivity contribution in [3.63, 3.8) is 0 Å². The quantitative estimate of drug-likeness (QED) is 0.329. The zero-order valence-electron chi connectivity index (χ0n) is 15.6. The third-order valence-electron chi connectivity index (χ3n) is 5.17. The van der Waals surface area contributed by atoms with E-state index in [4.69, 9.17) is 4.99 Å². The number of nitrogens with zero attached hydrogens (tertiary/aromatic N) is 3. The fourth-order valence-corrected chi connectivity index (χ4v) is 3.28. The molecule has 6 nitrogen and oxygen atoms in total. The highest BCUT2D eigenvalue weighted by atomic mass is 127. The number of benzene rings is 1. The molecule has 1 fully saturated rings. The molecule has 0 amide bonds. The summed E-state index contributed by atoms with van der Waals surface area (Å²) in [5.74, 6) is 1.68. The first-order valence-electron chi connectivity index (χ1n) is 9.21. The van der Waals surface area contributed by atoms with Gasteiger partial charge in [0.15, 0.2) is 11.8 Å². The number of halogens is 1. The summed E-state index contributed by atoms with van der Waals surface area (Å²) in [5, 5.41) is 13.7. The number of hydrogen-bond acceptors (Lipinski definition) is 3. The Morgan fingerprint density at radius 1 is 1.27 bits per heavy atom. The predicted molar refractivity (Wildman–Crippen MR) is 117 cm³/mol. The Morgan fingerprint density at radius 3 is 2.73 bits per heavy atom. The van der Waals surface area contributed by atoms with Crippen LogP contribution in [0.4, 0.5) is 0 Å². The van der Waals surface area contributed by atoms with Gasteiger partial charge in [0.25, 0.3) is 0 Å². The number of aromatic amines is 1. The van der Waals surface area contributed by atoms with E-state index in [0.717, 1.165) is 36.0 Å². The van der Waals surface area contributed by atoms with Gasteiger partial charge in [0, 0.05) is 18.7 Å². The van der Waals surface area contributed by atoms with E-state index in [1.54, 1.807) is 0 Å². The lowest BCUT2D eigenvalue weighted by Crippen LogP contribution is -2.46. The van der Waals surface area contributed by atoms with E-state index in [1.807, 2.05) is 12.1 Å². The average Bonchev–Trinajstić information content (AvgIpc) is 3.14. The van der Waals surface area contributed by atoms with E-state index < -0.39 is 0 Å². The monoisotopic (exact) mass is 468 g/mol. The third-order valence-corrected chi connectivity index (χ3v) is 5.17. The molecule has 0 unspecified atom stereocenters. The van der Waals surface area contributed by atoms with Gasteiger partial charge < -0.3 is 10.6 Å². The van der Waals surface area contributed by atoms with E-state index in [0.29, 0.717) is 12.0 Å². The van der Waals surface area contributed by atoms with Crippen LogP contribution in [-0.2, 0) is 6.54 Å². The van der Waals surface area contributed by atoms with E-state index in [1.165, 1.54) is 32.0 Å². The van der Waals surface area contributed by atoms with Crippen LogP contribution in [0.5, 0.6) is 0 Å². The number of rotatable bonds is 7. The molecule has 0 saturated heterocycles. The van der Waals surface area contributed by atoms with Crippen molar-refractivity contribution in [3.8, 4) is 11.4 Å². The number of aliphatic imine (C=N–C) groups is 1. The summed E-state index contributed by atoms with van der Waals surface area (Å²) in [6, 6.07) is 8.25. The van der Waals surface area contributed by atoms with Crippen LogP contribution in [0.1, 0.15) is 45.1 Å². The van der Waals surface area contributed by atoms with Crippen LogP contribution in [0.2, 0.25) is 0 Å². The van der Waals surface area contributed by atoms with Gasteiger partial charge in [0.05, 0.1) is 6.54 Å². The topological polar surface area (TPSA) is 78.0 Å². The van der Waals surface area contributed by atoms with Crippen LogP contribution in [-0.4, -0.2) is 34.2 Å². The minimum absolute atomic E-state index is 0. The van der Waals surface area contributed by atoms with Crippen LogP contribution in [0.25, 0.3) is 11.4 Å². The summed E-state index contributed by atoms with van der Waals surface area (Å²) in [5.41, 5.74) is 2.66. The minimum Gasteiger partial charge on any atom is -0.357 e. The Hall–Kier alpha value is -1.64. The molecule has 1 aliphatic rings. The summed E-state index contributed by atoms with van der Waals surface area (Å²) in [4.78, 5) is 8.96. The Morgan fingerprint density at radius 2 is 2.12 bits per heavy atom. The summed E-state index contributed by atoms with van der Waals surface area (Å²) in [7, 11) is 0. The van der Waals surface area contributed by atoms with Gasteiger partial charge in [-0.25, -0.2) is 9.98 Å². The number of H-pyrrole nitrogens is 1. The maximum absolute atomic E-state index is 4.75. The summed E-state index contributed by atoms with van der Waals surface area (Å²) in [6.45, 7) is 6.90. The molecule has 3 rings (SSSR count). The van der Waals surface area contributed by atoms with Gasteiger partial charge in [0.2, 0.25) is 0 Å². The van der Waals surface area contributed by atoms with Crippen molar-refractivity contribution in [1.29, 1.82) is 0 Å². The van der Waals surface area contributed by atoms with Crippen LogP contribution in [0.15, 0.2) is 35.6 Å². The van der Waals surface area contributed by atoms with Gasteiger partial charge in [-0.15, -0.1) is 24.0 Å². The highest BCUT2D eigenvalue weighted by Gasteiger charge is 2.34. The molecule has 26 heavy (non-hydrogen) atoms. The molecule has 142 valence electrons. The lowest BCUT2D eigenvalue weighted by molar-refractivity contribution is 0.131. The molecular weight excluding hydrogens is 439 g/mol. The van der Waals surface area contributed by atoms with Crippen molar-refractivity contribution in [2.24, 2.45) is 10.4 Å². The normalized spacial score (nSPS) is 15.7. The number of hydrogen-bond donors (Lipinski definition) is 3. The van der Waals surface area contributed by atoms with Gasteiger partial charge in [-0.1, -0.05) is 31.5 Å². The smallest absolute Gasteiger partial charge is 0.191 e. The van der Waals surface area contributed by atoms with E-state index in [-0.39, 0.29) is 24.0 Å². The Bertz CT molecular complexity index is 688. The third kappa shape index (κ3) is 5.18. The van der Waals surface area contributed by atoms with Crippen LogP contribution >= 0.6 is 24.0 Å². The van der Waals surface area contributed by atoms with Gasteiger partial charge in [-0.2, -0.15) is 5.10 Å². The van der Waals surface area contributed by atoms with Gasteiger partial charge in [-0.3, -0.25) is 5.10 Å². The molecule has 1 saturated carbocycles. The molecule has 0 radical (unpaired) electrons. The number of aromatic nitrogens is 3. The molecular formula is C19H29IN6. The second-order valence-electron chi connectivity index (χ2n) is 6.79. The summed E-state index contributed by atoms with van der Waals surface area (Å²) < 4.78 is 0. The fourth-order valence-electron chi connectivity index (χ4n) is 3.28. The molecule has 1 aliphatic carbocycles. The second-order valence-corrected chi connectivity index (χ2v) is 6.79. The van der Waals surface area contributed by atoms with Crippen LogP contribution in [0.3, 0.4) is 0 Å². The number of guanidine groups is 1. The molecule has 0 bridgehead atoms. The zero-order valence-corrected chi connectivity index (χ0v) is 17.9. The van der Waals surface area contributed by atoms with Gasteiger partial charge in [-0.05, 0) is 43.2 Å². The summed E-state index contributed by atoms with van der Waals surface area (Å²) in [6.07, 6.45) is 6.78. The van der Waals surface area contributed by atoms with Gasteiger partial charge in [0.1, 0.15) is 6.33 Å². The first-order chi connectivity index (χ1) is 12.2. The summed E-state index contributed by atoms with van der Waals surface area (Å²) >= 11 is 0. The van der Waals surface area contributed by atoms with Crippen molar-refractivity contribution < 1.29 is 0 Å². The van der Waals surface area contributed by atoms with Crippen molar-refractivity contribution in [1.82, 2.24) is 25.8 Å². The van der Waals surface area contributed by atoms with Crippen molar-refractivity contribution in [2.75, 3.05) is 13.1 Å².